The van der Waals surface area contributed by atoms with E-state index in [-0.39, 0.29) is 0 Å². The van der Waals surface area contributed by atoms with Crippen molar-refractivity contribution in [1.82, 2.24) is 5.32 Å². The van der Waals surface area contributed by atoms with E-state index in [1.807, 2.05) is 18.4 Å². The van der Waals surface area contributed by atoms with Crippen LogP contribution in [0.15, 0.2) is 66.1 Å². The SMILES string of the molecule is C1=CC2C(=CC=C3C2=COc2ccccc23)NC1. The quantitative estimate of drug-likeness (QED) is 0.698. The van der Waals surface area contributed by atoms with E-state index in [1.165, 1.54) is 22.4 Å². The summed E-state index contributed by atoms with van der Waals surface area (Å²) in [7, 11) is 0. The Labute approximate surface area is 106 Å². The number of benzene rings is 1. The fraction of sp³-hybridized carbons (Fsp3) is 0.125. The summed E-state index contributed by atoms with van der Waals surface area (Å²) in [6.07, 6.45) is 10.7. The van der Waals surface area contributed by atoms with Crippen LogP contribution >= 0.6 is 0 Å². The molecule has 18 heavy (non-hydrogen) atoms. The molecule has 2 nitrogen and oxygen atoms in total. The Morgan fingerprint density at radius 2 is 2.11 bits per heavy atom. The number of para-hydroxylation sites is 1. The van der Waals surface area contributed by atoms with Crippen molar-refractivity contribution in [3.8, 4) is 5.75 Å². The highest BCUT2D eigenvalue weighted by atomic mass is 16.5. The smallest absolute Gasteiger partial charge is 0.134 e. The van der Waals surface area contributed by atoms with Crippen LogP contribution in [0.25, 0.3) is 5.57 Å². The first kappa shape index (κ1) is 9.77. The van der Waals surface area contributed by atoms with Crippen LogP contribution in [0.2, 0.25) is 0 Å². The van der Waals surface area contributed by atoms with Gasteiger partial charge in [-0.2, -0.15) is 0 Å². The van der Waals surface area contributed by atoms with Gasteiger partial charge in [0.2, 0.25) is 0 Å². The van der Waals surface area contributed by atoms with Gasteiger partial charge in [0.1, 0.15) is 5.75 Å². The molecule has 0 amide bonds. The second-order valence-electron chi connectivity index (χ2n) is 4.68. The Morgan fingerprint density at radius 3 is 3.11 bits per heavy atom. The Balaban J connectivity index is 1.89. The molecule has 1 aliphatic carbocycles. The molecule has 1 N–H and O–H groups in total. The third kappa shape index (κ3) is 1.29. The molecule has 3 aliphatic rings. The fourth-order valence-corrected chi connectivity index (χ4v) is 2.77. The summed E-state index contributed by atoms with van der Waals surface area (Å²) in [6.45, 7) is 0.913. The fourth-order valence-electron chi connectivity index (χ4n) is 2.77. The molecule has 0 saturated carbocycles. The molecule has 1 unspecified atom stereocenters. The molecule has 1 aromatic rings. The summed E-state index contributed by atoms with van der Waals surface area (Å²) in [4.78, 5) is 0. The highest BCUT2D eigenvalue weighted by molar-refractivity contribution is 5.87. The minimum Gasteiger partial charge on any atom is -0.464 e. The van der Waals surface area contributed by atoms with Crippen LogP contribution in [0.1, 0.15) is 5.56 Å². The van der Waals surface area contributed by atoms with Gasteiger partial charge in [-0.25, -0.2) is 0 Å². The van der Waals surface area contributed by atoms with Gasteiger partial charge < -0.3 is 10.1 Å². The molecule has 2 heteroatoms. The third-order valence-corrected chi connectivity index (χ3v) is 3.65. The van der Waals surface area contributed by atoms with Crippen molar-refractivity contribution in [3.05, 3.63) is 71.7 Å². The third-order valence-electron chi connectivity index (χ3n) is 3.65. The highest BCUT2D eigenvalue weighted by Crippen LogP contribution is 2.43. The molecule has 88 valence electrons. The van der Waals surface area contributed by atoms with E-state index in [4.69, 9.17) is 4.74 Å². The summed E-state index contributed by atoms with van der Waals surface area (Å²) in [5, 5.41) is 3.41. The Hall–Kier alpha value is -2.22. The predicted octanol–water partition coefficient (Wildman–Crippen LogP) is 3.02. The van der Waals surface area contributed by atoms with E-state index in [0.29, 0.717) is 5.92 Å². The minimum atomic E-state index is 0.312. The van der Waals surface area contributed by atoms with Crippen molar-refractivity contribution in [2.75, 3.05) is 6.54 Å². The van der Waals surface area contributed by atoms with Crippen LogP contribution in [-0.4, -0.2) is 6.54 Å². The number of nitrogens with one attached hydrogen (secondary N) is 1. The number of ether oxygens (including phenoxy) is 1. The number of fused-ring (bicyclic) bond motifs is 5. The molecule has 2 heterocycles. The molecule has 0 saturated heterocycles. The molecule has 2 aliphatic heterocycles. The molecule has 1 atom stereocenters. The molecular formula is C16H13NO. The van der Waals surface area contributed by atoms with Crippen molar-refractivity contribution in [3.63, 3.8) is 0 Å². The second-order valence-corrected chi connectivity index (χ2v) is 4.68. The summed E-state index contributed by atoms with van der Waals surface area (Å²) >= 11 is 0. The van der Waals surface area contributed by atoms with Gasteiger partial charge in [0, 0.05) is 29.3 Å². The maximum Gasteiger partial charge on any atom is 0.134 e. The molecule has 0 fully saturated rings. The monoisotopic (exact) mass is 235 g/mol. The van der Waals surface area contributed by atoms with Crippen LogP contribution in [0.3, 0.4) is 0 Å². The highest BCUT2D eigenvalue weighted by Gasteiger charge is 2.29. The van der Waals surface area contributed by atoms with Gasteiger partial charge in [0.05, 0.1) is 6.26 Å². The van der Waals surface area contributed by atoms with Crippen molar-refractivity contribution < 1.29 is 4.74 Å². The number of hydrogen-bond donors (Lipinski definition) is 1. The summed E-state index contributed by atoms with van der Waals surface area (Å²) < 4.78 is 5.75. The first-order valence-corrected chi connectivity index (χ1v) is 6.22. The van der Waals surface area contributed by atoms with E-state index >= 15 is 0 Å². The zero-order valence-electron chi connectivity index (χ0n) is 9.89. The van der Waals surface area contributed by atoms with Gasteiger partial charge in [0.25, 0.3) is 0 Å². The summed E-state index contributed by atoms with van der Waals surface area (Å²) in [6, 6.07) is 8.19. The molecule has 0 bridgehead atoms. The van der Waals surface area contributed by atoms with E-state index in [1.54, 1.807) is 0 Å². The van der Waals surface area contributed by atoms with Crippen LogP contribution < -0.4 is 10.1 Å². The molecule has 1 aromatic carbocycles. The topological polar surface area (TPSA) is 21.3 Å². The zero-order valence-corrected chi connectivity index (χ0v) is 9.89. The largest absolute Gasteiger partial charge is 0.464 e. The maximum absolute atomic E-state index is 5.75. The van der Waals surface area contributed by atoms with Crippen molar-refractivity contribution in [2.24, 2.45) is 5.92 Å². The summed E-state index contributed by atoms with van der Waals surface area (Å²) in [5.74, 6) is 1.25. The Kier molecular flexibility index (Phi) is 1.97. The van der Waals surface area contributed by atoms with E-state index in [9.17, 15) is 0 Å². The molecule has 0 spiro atoms. The van der Waals surface area contributed by atoms with Gasteiger partial charge in [-0.3, -0.25) is 0 Å². The van der Waals surface area contributed by atoms with Crippen LogP contribution in [0.4, 0.5) is 0 Å². The predicted molar refractivity (Wildman–Crippen MR) is 71.8 cm³/mol. The number of hydrogen-bond acceptors (Lipinski definition) is 2. The molecular weight excluding hydrogens is 222 g/mol. The minimum absolute atomic E-state index is 0.312. The number of rotatable bonds is 0. The van der Waals surface area contributed by atoms with Crippen LogP contribution in [0, 0.1) is 5.92 Å². The maximum atomic E-state index is 5.75. The lowest BCUT2D eigenvalue weighted by Crippen LogP contribution is -2.27. The Morgan fingerprint density at radius 1 is 1.17 bits per heavy atom. The average molecular weight is 235 g/mol. The molecule has 0 aromatic heterocycles. The first-order valence-electron chi connectivity index (χ1n) is 6.22. The van der Waals surface area contributed by atoms with Crippen LogP contribution in [-0.2, 0) is 0 Å². The van der Waals surface area contributed by atoms with E-state index < -0.39 is 0 Å². The normalized spacial score (nSPS) is 23.3. The van der Waals surface area contributed by atoms with Gasteiger partial charge in [-0.05, 0) is 17.7 Å². The average Bonchev–Trinajstić information content (AvgIpc) is 2.46. The van der Waals surface area contributed by atoms with Gasteiger partial charge >= 0.3 is 0 Å². The summed E-state index contributed by atoms with van der Waals surface area (Å²) in [5.41, 5.74) is 4.97. The molecule has 4 rings (SSSR count). The standard InChI is InChI=1S/C16H13NO/c1-2-6-16-13(4-1)11-7-8-15-12(5-3-9-17-15)14(11)10-18-16/h1-8,10,12,17H,9H2. The lowest BCUT2D eigenvalue weighted by Gasteiger charge is -2.31. The second kappa shape index (κ2) is 3.64. The number of allylic oxidation sites excluding steroid dienone is 4. The van der Waals surface area contributed by atoms with Gasteiger partial charge in [-0.1, -0.05) is 36.4 Å². The van der Waals surface area contributed by atoms with Crippen LogP contribution in [0.5, 0.6) is 5.75 Å². The van der Waals surface area contributed by atoms with Gasteiger partial charge in [0.15, 0.2) is 0 Å². The van der Waals surface area contributed by atoms with Crippen molar-refractivity contribution in [1.29, 1.82) is 0 Å². The zero-order chi connectivity index (χ0) is 11.9. The van der Waals surface area contributed by atoms with Crippen molar-refractivity contribution >= 4 is 5.57 Å². The first-order chi connectivity index (χ1) is 8.93. The van der Waals surface area contributed by atoms with E-state index in [2.05, 4.69) is 41.8 Å². The Bertz CT molecular complexity index is 634. The lowest BCUT2D eigenvalue weighted by molar-refractivity contribution is 0.464. The van der Waals surface area contributed by atoms with Gasteiger partial charge in [-0.15, -0.1) is 0 Å². The molecule has 0 radical (unpaired) electrons. The lowest BCUT2D eigenvalue weighted by atomic mass is 9.81. The van der Waals surface area contributed by atoms with E-state index in [0.717, 1.165) is 12.3 Å². The van der Waals surface area contributed by atoms with Crippen molar-refractivity contribution in [2.45, 2.75) is 0 Å².